The van der Waals surface area contributed by atoms with Gasteiger partial charge in [0, 0.05) is 32.3 Å². The molecule has 0 radical (unpaired) electrons. The fourth-order valence-corrected chi connectivity index (χ4v) is 3.67. The third-order valence-electron chi connectivity index (χ3n) is 4.58. The van der Waals surface area contributed by atoms with Crippen LogP contribution in [-0.4, -0.2) is 28.6 Å². The maximum atomic E-state index is 12.6. The van der Waals surface area contributed by atoms with Crippen LogP contribution in [0.2, 0.25) is 0 Å². The first-order valence-electron chi connectivity index (χ1n) is 8.26. The Hall–Kier alpha value is -2.15. The highest BCUT2D eigenvalue weighted by Crippen LogP contribution is 2.31. The van der Waals surface area contributed by atoms with Crippen molar-refractivity contribution in [3.05, 3.63) is 33.5 Å². The van der Waals surface area contributed by atoms with Crippen molar-refractivity contribution in [3.8, 4) is 11.3 Å². The molecule has 128 valence electrons. The maximum absolute atomic E-state index is 12.6. The molecule has 0 atom stereocenters. The van der Waals surface area contributed by atoms with E-state index in [1.165, 1.54) is 19.3 Å². The number of aromatic nitrogens is 3. The van der Waals surface area contributed by atoms with Crippen LogP contribution in [0.4, 0.5) is 11.5 Å². The van der Waals surface area contributed by atoms with E-state index in [9.17, 15) is 4.79 Å². The van der Waals surface area contributed by atoms with Gasteiger partial charge in [-0.05, 0) is 12.8 Å². The number of nitrogens with one attached hydrogen (secondary N) is 1. The Labute approximate surface area is 146 Å². The second-order valence-electron chi connectivity index (χ2n) is 6.52. The second-order valence-corrected chi connectivity index (χ2v) is 6.93. The largest absolute Gasteiger partial charge is 0.385 e. The zero-order chi connectivity index (χ0) is 17.3. The van der Waals surface area contributed by atoms with Crippen molar-refractivity contribution in [2.75, 3.05) is 24.7 Å². The standard InChI is InChI=1S/C17H23N5OS/c1-21(2)13-9-14(18)20-17(24)16(13)12-8-15(23)22(10-19-12)11-6-4-3-5-7-11/h8-11H,3-7H2,1-2H3,(H3,18,20,24). The molecule has 24 heavy (non-hydrogen) atoms. The number of hydrogen-bond acceptors (Lipinski definition) is 5. The Morgan fingerprint density at radius 2 is 2.00 bits per heavy atom. The first-order valence-corrected chi connectivity index (χ1v) is 8.67. The van der Waals surface area contributed by atoms with Crippen molar-refractivity contribution >= 4 is 23.7 Å². The number of H-pyrrole nitrogens is 1. The minimum atomic E-state index is -0.0252. The lowest BCUT2D eigenvalue weighted by atomic mass is 9.95. The number of nitrogens with two attached hydrogens (primary N) is 1. The quantitative estimate of drug-likeness (QED) is 0.836. The molecule has 0 aromatic carbocycles. The molecule has 0 bridgehead atoms. The molecular formula is C17H23N5OS. The van der Waals surface area contributed by atoms with Gasteiger partial charge in [-0.3, -0.25) is 9.36 Å². The molecule has 3 N–H and O–H groups in total. The Morgan fingerprint density at radius 3 is 2.62 bits per heavy atom. The first-order chi connectivity index (χ1) is 11.5. The normalized spacial score (nSPS) is 15.4. The van der Waals surface area contributed by atoms with Crippen LogP contribution in [0.1, 0.15) is 38.1 Å². The van der Waals surface area contributed by atoms with Gasteiger partial charge in [-0.25, -0.2) is 4.98 Å². The monoisotopic (exact) mass is 345 g/mol. The molecule has 0 amide bonds. The minimum Gasteiger partial charge on any atom is -0.385 e. The molecule has 2 heterocycles. The number of nitrogen functional groups attached to an aromatic ring is 1. The van der Waals surface area contributed by atoms with Crippen LogP contribution in [0, 0.1) is 4.64 Å². The van der Waals surface area contributed by atoms with E-state index in [1.807, 2.05) is 19.0 Å². The lowest BCUT2D eigenvalue weighted by Gasteiger charge is -2.24. The number of nitrogens with zero attached hydrogens (tertiary/aromatic N) is 3. The number of aromatic amines is 1. The lowest BCUT2D eigenvalue weighted by Crippen LogP contribution is -2.26. The molecule has 0 aliphatic heterocycles. The van der Waals surface area contributed by atoms with Gasteiger partial charge in [0.05, 0.1) is 23.3 Å². The van der Waals surface area contributed by atoms with E-state index in [4.69, 9.17) is 18.0 Å². The van der Waals surface area contributed by atoms with E-state index in [0.29, 0.717) is 16.2 Å². The molecule has 2 aromatic heterocycles. The summed E-state index contributed by atoms with van der Waals surface area (Å²) in [6.45, 7) is 0. The summed E-state index contributed by atoms with van der Waals surface area (Å²) >= 11 is 5.42. The lowest BCUT2D eigenvalue weighted by molar-refractivity contribution is 0.343. The van der Waals surface area contributed by atoms with Gasteiger partial charge in [-0.1, -0.05) is 31.5 Å². The molecule has 1 saturated carbocycles. The van der Waals surface area contributed by atoms with Crippen LogP contribution in [0.15, 0.2) is 23.3 Å². The smallest absolute Gasteiger partial charge is 0.254 e. The molecule has 3 rings (SSSR count). The molecule has 1 aliphatic carbocycles. The molecule has 1 fully saturated rings. The first kappa shape index (κ1) is 16.7. The van der Waals surface area contributed by atoms with Gasteiger partial charge < -0.3 is 15.6 Å². The average molecular weight is 345 g/mol. The summed E-state index contributed by atoms with van der Waals surface area (Å²) in [4.78, 5) is 22.0. The van der Waals surface area contributed by atoms with Crippen molar-refractivity contribution in [1.82, 2.24) is 14.5 Å². The van der Waals surface area contributed by atoms with Gasteiger partial charge in [0.15, 0.2) is 0 Å². The number of hydrogen-bond donors (Lipinski definition) is 2. The van der Waals surface area contributed by atoms with E-state index in [1.54, 1.807) is 23.0 Å². The zero-order valence-electron chi connectivity index (χ0n) is 14.1. The summed E-state index contributed by atoms with van der Waals surface area (Å²) in [6, 6.07) is 3.65. The summed E-state index contributed by atoms with van der Waals surface area (Å²) in [5.74, 6) is 0.489. The Morgan fingerprint density at radius 1 is 1.29 bits per heavy atom. The fraction of sp³-hybridized carbons (Fsp3) is 0.471. The predicted octanol–water partition coefficient (Wildman–Crippen LogP) is 3.12. The maximum Gasteiger partial charge on any atom is 0.254 e. The van der Waals surface area contributed by atoms with Gasteiger partial charge in [0.2, 0.25) is 0 Å². The summed E-state index contributed by atoms with van der Waals surface area (Å²) in [6.07, 6.45) is 7.36. The van der Waals surface area contributed by atoms with E-state index < -0.39 is 0 Å². The van der Waals surface area contributed by atoms with Crippen LogP contribution in [0.25, 0.3) is 11.3 Å². The van der Waals surface area contributed by atoms with Crippen molar-refractivity contribution in [1.29, 1.82) is 0 Å². The predicted molar refractivity (Wildman–Crippen MR) is 100.0 cm³/mol. The van der Waals surface area contributed by atoms with E-state index in [2.05, 4.69) is 9.97 Å². The van der Waals surface area contributed by atoms with Crippen LogP contribution >= 0.6 is 12.2 Å². The van der Waals surface area contributed by atoms with Crippen LogP contribution < -0.4 is 16.2 Å². The molecule has 1 aliphatic rings. The Bertz CT molecular complexity index is 849. The summed E-state index contributed by atoms with van der Waals surface area (Å²) in [7, 11) is 3.83. The van der Waals surface area contributed by atoms with Gasteiger partial charge in [0.1, 0.15) is 10.5 Å². The highest BCUT2D eigenvalue weighted by Gasteiger charge is 2.18. The van der Waals surface area contributed by atoms with Crippen molar-refractivity contribution in [2.24, 2.45) is 0 Å². The van der Waals surface area contributed by atoms with Crippen LogP contribution in [0.3, 0.4) is 0 Å². The molecule has 7 heteroatoms. The Kier molecular flexibility index (Phi) is 4.71. The number of anilines is 2. The zero-order valence-corrected chi connectivity index (χ0v) is 14.9. The van der Waals surface area contributed by atoms with Crippen LogP contribution in [0.5, 0.6) is 0 Å². The van der Waals surface area contributed by atoms with E-state index in [-0.39, 0.29) is 11.6 Å². The SMILES string of the molecule is CN(C)c1cc(N)[nH]c(=S)c1-c1cc(=O)n(C2CCCCC2)cn1. The third kappa shape index (κ3) is 3.21. The molecule has 0 spiro atoms. The molecular weight excluding hydrogens is 322 g/mol. The number of rotatable bonds is 3. The van der Waals surface area contributed by atoms with Crippen molar-refractivity contribution in [3.63, 3.8) is 0 Å². The van der Waals surface area contributed by atoms with Crippen molar-refractivity contribution < 1.29 is 0 Å². The molecule has 2 aromatic rings. The van der Waals surface area contributed by atoms with Gasteiger partial charge in [0.25, 0.3) is 5.56 Å². The van der Waals surface area contributed by atoms with Gasteiger partial charge in [-0.15, -0.1) is 0 Å². The third-order valence-corrected chi connectivity index (χ3v) is 4.88. The fourth-order valence-electron chi connectivity index (χ4n) is 3.35. The number of pyridine rings is 1. The van der Waals surface area contributed by atoms with Crippen molar-refractivity contribution in [2.45, 2.75) is 38.1 Å². The summed E-state index contributed by atoms with van der Waals surface area (Å²) < 4.78 is 2.25. The van der Waals surface area contributed by atoms with E-state index in [0.717, 1.165) is 24.1 Å². The highest BCUT2D eigenvalue weighted by molar-refractivity contribution is 7.71. The minimum absolute atomic E-state index is 0.0252. The summed E-state index contributed by atoms with van der Waals surface area (Å²) in [5, 5.41) is 0. The van der Waals surface area contributed by atoms with Gasteiger partial charge in [-0.2, -0.15) is 0 Å². The van der Waals surface area contributed by atoms with Crippen LogP contribution in [-0.2, 0) is 0 Å². The topological polar surface area (TPSA) is 79.9 Å². The second kappa shape index (κ2) is 6.76. The molecule has 0 unspecified atom stereocenters. The average Bonchev–Trinajstić information content (AvgIpc) is 2.54. The summed E-state index contributed by atoms with van der Waals surface area (Å²) in [5.41, 5.74) is 8.00. The van der Waals surface area contributed by atoms with E-state index >= 15 is 0 Å². The van der Waals surface area contributed by atoms with Gasteiger partial charge >= 0.3 is 0 Å². The molecule has 6 nitrogen and oxygen atoms in total. The Balaban J connectivity index is 2.07. The highest BCUT2D eigenvalue weighted by atomic mass is 32.1. The molecule has 0 saturated heterocycles.